The Morgan fingerprint density at radius 2 is 2.00 bits per heavy atom. The van der Waals surface area contributed by atoms with Crippen molar-refractivity contribution in [2.75, 3.05) is 0 Å². The van der Waals surface area contributed by atoms with E-state index < -0.39 is 5.97 Å². The van der Waals surface area contributed by atoms with Crippen LogP contribution in [0.5, 0.6) is 0 Å². The summed E-state index contributed by atoms with van der Waals surface area (Å²) in [5.74, 6) is -1.15. The van der Waals surface area contributed by atoms with E-state index in [4.69, 9.17) is 0 Å². The predicted octanol–water partition coefficient (Wildman–Crippen LogP) is 0.388. The van der Waals surface area contributed by atoms with E-state index in [1.165, 1.54) is 0 Å². The first kappa shape index (κ1) is 8.90. The average molecular weight is 205 g/mol. The van der Waals surface area contributed by atoms with Crippen LogP contribution in [-0.4, -0.2) is 5.97 Å². The molecule has 3 nitrogen and oxygen atoms in total. The quantitative estimate of drug-likeness (QED) is 0.666. The molecule has 1 aromatic carbocycles. The molecule has 0 aliphatic heterocycles. The molecule has 0 saturated carbocycles. The molecule has 0 bridgehead atoms. The van der Waals surface area contributed by atoms with Crippen LogP contribution in [0.1, 0.15) is 9.80 Å². The summed E-state index contributed by atoms with van der Waals surface area (Å²) in [4.78, 5) is 10.7. The van der Waals surface area contributed by atoms with Crippen LogP contribution in [-0.2, 0) is 0 Å². The van der Waals surface area contributed by atoms with Crippen LogP contribution >= 0.6 is 11.3 Å². The van der Waals surface area contributed by atoms with Gasteiger partial charge in [-0.25, -0.2) is 0 Å². The number of benzene rings is 1. The molecule has 0 amide bonds. The number of carboxylic acids is 1. The summed E-state index contributed by atoms with van der Waals surface area (Å²) in [5.41, 5.74) is 0.827. The van der Waals surface area contributed by atoms with Crippen LogP contribution in [0.3, 0.4) is 0 Å². The number of carboxylic acid groups (broad SMARTS) is 1. The predicted molar refractivity (Wildman–Crippen MR) is 50.2 cm³/mol. The van der Waals surface area contributed by atoms with Crippen LogP contribution in [0.15, 0.2) is 41.9 Å². The second kappa shape index (κ2) is 3.59. The summed E-state index contributed by atoms with van der Waals surface area (Å²) in [6.45, 7) is 0. The molecule has 0 spiro atoms. The van der Waals surface area contributed by atoms with Gasteiger partial charge in [0.15, 0.2) is 12.2 Å². The van der Waals surface area contributed by atoms with Crippen molar-refractivity contribution in [3.8, 4) is 5.69 Å². The van der Waals surface area contributed by atoms with Crippen molar-refractivity contribution in [2.45, 2.75) is 0 Å². The molecule has 0 N–H and O–H groups in total. The molecule has 2 aromatic rings. The molecular formula is C10H7NO2S. The van der Waals surface area contributed by atoms with Crippen molar-refractivity contribution in [2.24, 2.45) is 0 Å². The lowest BCUT2D eigenvalue weighted by Crippen LogP contribution is -2.39. The molecule has 0 atom stereocenters. The van der Waals surface area contributed by atoms with Crippen molar-refractivity contribution in [1.82, 2.24) is 0 Å². The molecule has 14 heavy (non-hydrogen) atoms. The Hall–Kier alpha value is -1.68. The van der Waals surface area contributed by atoms with E-state index in [0.29, 0.717) is 0 Å². The van der Waals surface area contributed by atoms with Gasteiger partial charge < -0.3 is 9.90 Å². The van der Waals surface area contributed by atoms with E-state index in [1.807, 2.05) is 30.3 Å². The number of carbonyl (C=O) groups is 1. The first-order chi connectivity index (χ1) is 6.79. The fourth-order valence-corrected chi connectivity index (χ4v) is 1.91. The van der Waals surface area contributed by atoms with Gasteiger partial charge in [-0.3, -0.25) is 0 Å². The zero-order chi connectivity index (χ0) is 9.97. The molecule has 4 heteroatoms. The van der Waals surface area contributed by atoms with E-state index >= 15 is 0 Å². The monoisotopic (exact) mass is 205 g/mol. The van der Waals surface area contributed by atoms with E-state index in [1.54, 1.807) is 16.1 Å². The minimum Gasteiger partial charge on any atom is -0.539 e. The van der Waals surface area contributed by atoms with E-state index in [-0.39, 0.29) is 5.01 Å². The summed E-state index contributed by atoms with van der Waals surface area (Å²) in [5, 5.41) is 12.7. The number of rotatable bonds is 2. The first-order valence-electron chi connectivity index (χ1n) is 4.05. The number of thiazole rings is 1. The number of hydrogen-bond acceptors (Lipinski definition) is 3. The van der Waals surface area contributed by atoms with Crippen molar-refractivity contribution < 1.29 is 14.5 Å². The highest BCUT2D eigenvalue weighted by molar-refractivity contribution is 7.11. The summed E-state index contributed by atoms with van der Waals surface area (Å²) < 4.78 is 1.60. The lowest BCUT2D eigenvalue weighted by molar-refractivity contribution is -0.595. The highest BCUT2D eigenvalue weighted by Gasteiger charge is 2.15. The number of aromatic carboxylic acids is 1. The van der Waals surface area contributed by atoms with Crippen LogP contribution in [0, 0.1) is 0 Å². The third-order valence-corrected chi connectivity index (χ3v) is 2.66. The highest BCUT2D eigenvalue weighted by atomic mass is 32.1. The fourth-order valence-electron chi connectivity index (χ4n) is 1.22. The molecule has 0 aliphatic carbocycles. The van der Waals surface area contributed by atoms with Gasteiger partial charge in [0.1, 0.15) is 0 Å². The summed E-state index contributed by atoms with van der Waals surface area (Å²) >= 11 is 1.15. The Bertz CT molecular complexity index is 450. The Morgan fingerprint density at radius 3 is 2.64 bits per heavy atom. The van der Waals surface area contributed by atoms with Gasteiger partial charge in [0.05, 0.1) is 5.38 Å². The molecule has 0 aliphatic rings. The summed E-state index contributed by atoms with van der Waals surface area (Å²) in [6, 6.07) is 9.30. The van der Waals surface area contributed by atoms with Crippen molar-refractivity contribution in [3.63, 3.8) is 0 Å². The number of nitrogens with zero attached hydrogens (tertiary/aromatic N) is 1. The second-order valence-corrected chi connectivity index (χ2v) is 3.60. The maximum atomic E-state index is 10.7. The molecular weight excluding hydrogens is 198 g/mol. The van der Waals surface area contributed by atoms with Gasteiger partial charge in [-0.15, -0.1) is 4.57 Å². The highest BCUT2D eigenvalue weighted by Crippen LogP contribution is 2.06. The van der Waals surface area contributed by atoms with Gasteiger partial charge in [-0.2, -0.15) is 0 Å². The molecule has 0 saturated heterocycles. The van der Waals surface area contributed by atoms with E-state index in [2.05, 4.69) is 0 Å². The third kappa shape index (κ3) is 1.52. The maximum absolute atomic E-state index is 10.7. The van der Waals surface area contributed by atoms with E-state index in [0.717, 1.165) is 17.0 Å². The van der Waals surface area contributed by atoms with Gasteiger partial charge in [0, 0.05) is 12.1 Å². The Balaban J connectivity index is 2.52. The Kier molecular flexibility index (Phi) is 2.28. The number of carbonyl (C=O) groups excluding carboxylic acids is 1. The third-order valence-electron chi connectivity index (χ3n) is 1.82. The fraction of sp³-hybridized carbons (Fsp3) is 0. The minimum absolute atomic E-state index is 0.205. The number of hydrogen-bond donors (Lipinski definition) is 0. The van der Waals surface area contributed by atoms with Gasteiger partial charge in [-0.05, 0) is 0 Å². The number of para-hydroxylation sites is 1. The van der Waals surface area contributed by atoms with Crippen LogP contribution in [0.25, 0.3) is 5.69 Å². The van der Waals surface area contributed by atoms with Crippen LogP contribution in [0.4, 0.5) is 0 Å². The van der Waals surface area contributed by atoms with Gasteiger partial charge in [-0.1, -0.05) is 29.5 Å². The molecule has 0 radical (unpaired) electrons. The molecule has 0 unspecified atom stereocenters. The lowest BCUT2D eigenvalue weighted by Gasteiger charge is -1.96. The van der Waals surface area contributed by atoms with E-state index in [9.17, 15) is 9.90 Å². The normalized spacial score (nSPS) is 10.0. The topological polar surface area (TPSA) is 44.0 Å². The molecule has 0 fully saturated rings. The Morgan fingerprint density at radius 1 is 1.29 bits per heavy atom. The number of aromatic nitrogens is 1. The lowest BCUT2D eigenvalue weighted by atomic mass is 10.3. The summed E-state index contributed by atoms with van der Waals surface area (Å²) in [7, 11) is 0. The molecule has 2 rings (SSSR count). The van der Waals surface area contributed by atoms with Crippen molar-refractivity contribution in [1.29, 1.82) is 0 Å². The minimum atomic E-state index is -1.15. The standard InChI is InChI=1S/C10H7NO2S/c12-10(13)9-11(6-7-14-9)8-4-2-1-3-5-8/h1-7H. The average Bonchev–Trinajstić information content (AvgIpc) is 2.67. The molecule has 70 valence electrons. The zero-order valence-electron chi connectivity index (χ0n) is 7.21. The van der Waals surface area contributed by atoms with Crippen LogP contribution in [0.2, 0.25) is 0 Å². The Labute approximate surface area is 84.9 Å². The molecule has 1 aromatic heterocycles. The van der Waals surface area contributed by atoms with Crippen LogP contribution < -0.4 is 9.67 Å². The maximum Gasteiger partial charge on any atom is 0.290 e. The first-order valence-corrected chi connectivity index (χ1v) is 4.93. The SMILES string of the molecule is O=C([O-])c1scc[n+]1-c1ccccc1. The smallest absolute Gasteiger partial charge is 0.290 e. The van der Waals surface area contributed by atoms with Gasteiger partial charge in [0.25, 0.3) is 5.01 Å². The second-order valence-electron chi connectivity index (χ2n) is 2.70. The van der Waals surface area contributed by atoms with Crippen molar-refractivity contribution >= 4 is 17.3 Å². The molecule has 1 heterocycles. The summed E-state index contributed by atoms with van der Waals surface area (Å²) in [6.07, 6.45) is 1.71. The largest absolute Gasteiger partial charge is 0.539 e. The zero-order valence-corrected chi connectivity index (χ0v) is 8.03. The van der Waals surface area contributed by atoms with Crippen molar-refractivity contribution in [3.05, 3.63) is 46.9 Å². The van der Waals surface area contributed by atoms with Gasteiger partial charge in [0.2, 0.25) is 5.69 Å². The van der Waals surface area contributed by atoms with Gasteiger partial charge >= 0.3 is 0 Å².